The van der Waals surface area contributed by atoms with E-state index in [0.29, 0.717) is 0 Å². The molecule has 21 aromatic carbocycles. The van der Waals surface area contributed by atoms with Gasteiger partial charge in [0.1, 0.15) is 11.2 Å². The molecule has 4 heterocycles. The van der Waals surface area contributed by atoms with Crippen LogP contribution in [0, 0.1) is 0 Å². The lowest BCUT2D eigenvalue weighted by Gasteiger charge is -2.28. The fourth-order valence-electron chi connectivity index (χ4n) is 20.2. The van der Waals surface area contributed by atoms with Crippen LogP contribution >= 0.6 is 22.7 Å². The summed E-state index contributed by atoms with van der Waals surface area (Å²) in [6.07, 6.45) is 0. The van der Waals surface area contributed by atoms with E-state index >= 15 is 0 Å². The van der Waals surface area contributed by atoms with Crippen molar-refractivity contribution < 1.29 is 8.83 Å². The van der Waals surface area contributed by atoms with E-state index in [0.717, 1.165) is 123 Å². The number of rotatable bonds is 17. The zero-order chi connectivity index (χ0) is 89.9. The van der Waals surface area contributed by atoms with Crippen LogP contribution in [0.2, 0.25) is 39.3 Å². The molecule has 0 saturated heterocycles. The average Bonchev–Trinajstić information content (AvgIpc) is 1.55. The Morgan fingerprint density at radius 1 is 0.194 bits per heavy atom. The van der Waals surface area contributed by atoms with Gasteiger partial charge in [0, 0.05) is 129 Å². The molecule has 0 aliphatic heterocycles. The summed E-state index contributed by atoms with van der Waals surface area (Å²) >= 11 is 3.77. The number of benzene rings is 21. The Morgan fingerprint density at radius 3 is 0.940 bits per heavy atom. The zero-order valence-electron chi connectivity index (χ0n) is 75.1. The molecular weight excluding hydrogens is 1700 g/mol. The Balaban J connectivity index is 0.000000148. The molecule has 0 N–H and O–H groups in total. The molecule has 25 rings (SSSR count). The second-order valence-corrected chi connectivity index (χ2v) is 49.3. The monoisotopic (exact) mass is 1790 g/mol. The normalized spacial score (nSPS) is 12.0. The van der Waals surface area contributed by atoms with Crippen LogP contribution in [0.3, 0.4) is 0 Å². The molecule has 0 bridgehead atoms. The van der Waals surface area contributed by atoms with E-state index in [-0.39, 0.29) is 0 Å². The molecule has 0 spiro atoms. The Morgan fingerprint density at radius 2 is 0.507 bits per heavy atom. The quantitative estimate of drug-likeness (QED) is 0.0668. The maximum atomic E-state index is 6.75. The van der Waals surface area contributed by atoms with Gasteiger partial charge in [0.25, 0.3) is 0 Å². The molecule has 0 atom stereocenters. The Kier molecular flexibility index (Phi) is 20.3. The van der Waals surface area contributed by atoms with Crippen LogP contribution < -0.4 is 30.0 Å². The van der Waals surface area contributed by atoms with Crippen molar-refractivity contribution in [2.45, 2.75) is 39.3 Å². The number of anilines is 12. The molecular formula is C124H92N4O2S2Si2. The van der Waals surface area contributed by atoms with E-state index in [1.54, 1.807) is 0 Å². The van der Waals surface area contributed by atoms with E-state index in [1.807, 2.05) is 34.8 Å². The van der Waals surface area contributed by atoms with Gasteiger partial charge in [-0.15, -0.1) is 22.7 Å². The highest BCUT2D eigenvalue weighted by Gasteiger charge is 2.28. The fraction of sp³-hybridized carbons (Fsp3) is 0.0484. The molecule has 4 aromatic heterocycles. The van der Waals surface area contributed by atoms with E-state index in [4.69, 9.17) is 8.83 Å². The predicted octanol–water partition coefficient (Wildman–Crippen LogP) is 36.5. The first-order chi connectivity index (χ1) is 65.7. The lowest BCUT2D eigenvalue weighted by molar-refractivity contribution is 0.668. The summed E-state index contributed by atoms with van der Waals surface area (Å²) in [5.41, 5.74) is 23.8. The van der Waals surface area contributed by atoms with Crippen molar-refractivity contribution in [3.63, 3.8) is 0 Å². The molecule has 0 aliphatic rings. The topological polar surface area (TPSA) is 39.2 Å². The van der Waals surface area contributed by atoms with E-state index < -0.39 is 16.1 Å². The van der Waals surface area contributed by atoms with Gasteiger partial charge in [-0.25, -0.2) is 0 Å². The largest absolute Gasteiger partial charge is 0.454 e. The third-order valence-corrected chi connectivity index (χ3v) is 33.3. The molecule has 0 amide bonds. The maximum Gasteiger partial charge on any atom is 0.159 e. The summed E-state index contributed by atoms with van der Waals surface area (Å²) in [7, 11) is -2.85. The Hall–Kier alpha value is -15.7. The summed E-state index contributed by atoms with van der Waals surface area (Å²) < 4.78 is 18.5. The highest BCUT2D eigenvalue weighted by molar-refractivity contribution is 7.27. The Bertz CT molecular complexity index is 8830. The minimum Gasteiger partial charge on any atom is -0.454 e. The van der Waals surface area contributed by atoms with Gasteiger partial charge in [-0.05, 0) is 212 Å². The minimum atomic E-state index is -1.43. The first kappa shape index (κ1) is 81.6. The maximum absolute atomic E-state index is 6.75. The van der Waals surface area contributed by atoms with Gasteiger partial charge >= 0.3 is 0 Å². The summed E-state index contributed by atoms with van der Waals surface area (Å²) in [5, 5.41) is 22.7. The molecule has 0 fully saturated rings. The average molecular weight is 1790 g/mol. The Labute approximate surface area is 788 Å². The standard InChI is InChI=1S/C65H48N2OSSi.C59H44N2OSSi/c1-70(2,3)50-37-34-48(35-38-50)66(46-19-8-5-9-20-46)47-32-29-43(30-33-47)45-31-39-56-58(41-45)52-22-10-11-24-54(52)63-57-40-36-49(42-62(57)69-65(56)63)67(59-26-14-12-21-51(59)44-17-6-4-7-18-44)60-27-16-25-55-53-23-13-15-28-61(53)68-64(55)60;1-64(2,3)46-33-30-44(31-34-46)60(41-15-6-4-7-16-41)43-28-25-39(26-29-43)40-27-35-51-53(37-40)47-19-10-11-21-49(47)57-52-36-32-45(38-56(52)63-59(51)57)61(42-17-8-5-9-18-42)54-23-14-22-50-48-20-12-13-24-55(48)62-58(50)54/h4-42H,1-3H3;4-38H,1-3H3. The third-order valence-electron chi connectivity index (χ3n) is 26.8. The summed E-state index contributed by atoms with van der Waals surface area (Å²) in [6, 6.07) is 164. The molecule has 10 heteroatoms. The molecule has 0 saturated carbocycles. The summed E-state index contributed by atoms with van der Waals surface area (Å²) in [5.74, 6) is 0. The van der Waals surface area contributed by atoms with E-state index in [9.17, 15) is 0 Å². The van der Waals surface area contributed by atoms with Crippen LogP contribution in [0.5, 0.6) is 0 Å². The first-order valence-corrected chi connectivity index (χ1v) is 54.7. The fourth-order valence-corrected chi connectivity index (χ4v) is 25.1. The number of fused-ring (bicyclic) bond motifs is 22. The van der Waals surface area contributed by atoms with Gasteiger partial charge in [-0.3, -0.25) is 0 Å². The number of nitrogens with zero attached hydrogens (tertiary/aromatic N) is 4. The van der Waals surface area contributed by atoms with Gasteiger partial charge in [0.15, 0.2) is 11.2 Å². The number of hydrogen-bond acceptors (Lipinski definition) is 8. The zero-order valence-corrected chi connectivity index (χ0v) is 78.8. The lowest BCUT2D eigenvalue weighted by Crippen LogP contribution is -2.37. The molecule has 134 heavy (non-hydrogen) atoms. The SMILES string of the molecule is C[Si](C)(C)c1ccc(N(c2ccccc2)c2ccc(-c3ccc4c(c3)c3ccccc3c3c5ccc(N(c6ccccc6)c6cccc7c6oc6ccccc67)cc5sc43)cc2)cc1.C[Si](C)(C)c1ccc(N(c2ccccc2)c2ccc(-c3ccc4c(c3)c3ccccc3c3c5ccc(N(c6ccccc6-c6ccccc6)c6cccc7c6oc6ccccc67)cc5sc43)cc2)cc1. The van der Waals surface area contributed by atoms with E-state index in [1.165, 1.54) is 116 Å². The number of hydrogen-bond donors (Lipinski definition) is 0. The lowest BCUT2D eigenvalue weighted by atomic mass is 9.94. The number of para-hydroxylation sites is 8. The first-order valence-electron chi connectivity index (χ1n) is 46.1. The van der Waals surface area contributed by atoms with Crippen molar-refractivity contribution in [1.29, 1.82) is 0 Å². The van der Waals surface area contributed by atoms with Gasteiger partial charge in [0.2, 0.25) is 0 Å². The second kappa shape index (κ2) is 33.3. The highest BCUT2D eigenvalue weighted by atomic mass is 32.1. The minimum absolute atomic E-state index is 0.867. The number of thiophene rings is 2. The van der Waals surface area contributed by atoms with Crippen molar-refractivity contribution in [2.24, 2.45) is 0 Å². The molecule has 25 aromatic rings. The van der Waals surface area contributed by atoms with Crippen LogP contribution in [0.25, 0.3) is 161 Å². The van der Waals surface area contributed by atoms with Crippen LogP contribution in [-0.4, -0.2) is 16.1 Å². The van der Waals surface area contributed by atoms with Crippen LogP contribution in [0.15, 0.2) is 458 Å². The second-order valence-electron chi connectivity index (χ2n) is 37.0. The summed E-state index contributed by atoms with van der Waals surface area (Å²) in [4.78, 5) is 9.45. The number of furan rings is 2. The molecule has 0 radical (unpaired) electrons. The highest BCUT2D eigenvalue weighted by Crippen LogP contribution is 2.53. The van der Waals surface area contributed by atoms with Crippen molar-refractivity contribution in [1.82, 2.24) is 0 Å². The molecule has 0 aliphatic carbocycles. The smallest absolute Gasteiger partial charge is 0.159 e. The van der Waals surface area contributed by atoms with Crippen LogP contribution in [0.1, 0.15) is 0 Å². The van der Waals surface area contributed by atoms with Crippen LogP contribution in [-0.2, 0) is 0 Å². The van der Waals surface area contributed by atoms with Gasteiger partial charge < -0.3 is 28.4 Å². The van der Waals surface area contributed by atoms with Crippen LogP contribution in [0.4, 0.5) is 68.2 Å². The molecule has 640 valence electrons. The summed E-state index contributed by atoms with van der Waals surface area (Å²) in [6.45, 7) is 14.4. The predicted molar refractivity (Wildman–Crippen MR) is 584 cm³/mol. The molecule has 0 unspecified atom stereocenters. The van der Waals surface area contributed by atoms with Crippen molar-refractivity contribution >= 4 is 245 Å². The van der Waals surface area contributed by atoms with Crippen molar-refractivity contribution in [3.8, 4) is 33.4 Å². The van der Waals surface area contributed by atoms with Gasteiger partial charge in [-0.2, -0.15) is 0 Å². The van der Waals surface area contributed by atoms with Gasteiger partial charge in [-0.1, -0.05) is 347 Å². The molecule has 6 nitrogen and oxygen atoms in total. The van der Waals surface area contributed by atoms with Crippen molar-refractivity contribution in [2.75, 3.05) is 19.6 Å². The van der Waals surface area contributed by atoms with Gasteiger partial charge in [0.05, 0.1) is 33.2 Å². The van der Waals surface area contributed by atoms with E-state index in [2.05, 4.69) is 496 Å². The third kappa shape index (κ3) is 14.4. The van der Waals surface area contributed by atoms with Crippen molar-refractivity contribution in [3.05, 3.63) is 449 Å².